The van der Waals surface area contributed by atoms with E-state index in [-0.39, 0.29) is 11.8 Å². The van der Waals surface area contributed by atoms with Gasteiger partial charge in [-0.05, 0) is 61.7 Å². The molecule has 0 bridgehead atoms. The Balaban J connectivity index is 1.72. The molecule has 2 aromatic rings. The average molecular weight is 366 g/mol. The van der Waals surface area contributed by atoms with Gasteiger partial charge in [-0.1, -0.05) is 12.1 Å². The first-order valence-electron chi connectivity index (χ1n) is 9.15. The first-order valence-corrected chi connectivity index (χ1v) is 9.15. The number of likely N-dealkylation sites (tertiary alicyclic amines) is 1. The molecule has 4 rings (SSSR count). The molecule has 0 amide bonds. The molecule has 7 heteroatoms. The normalized spacial score (nSPS) is 19.7. The van der Waals surface area contributed by atoms with Gasteiger partial charge in [0.05, 0.1) is 0 Å². The van der Waals surface area contributed by atoms with E-state index in [4.69, 9.17) is 5.73 Å². The van der Waals surface area contributed by atoms with Crippen molar-refractivity contribution in [1.29, 1.82) is 0 Å². The summed E-state index contributed by atoms with van der Waals surface area (Å²) in [6.07, 6.45) is 1.80. The molecule has 27 heavy (non-hydrogen) atoms. The van der Waals surface area contributed by atoms with Crippen LogP contribution in [0.25, 0.3) is 0 Å². The summed E-state index contributed by atoms with van der Waals surface area (Å²) in [7, 11) is 0. The van der Waals surface area contributed by atoms with Crippen LogP contribution in [-0.4, -0.2) is 36.2 Å². The predicted molar refractivity (Wildman–Crippen MR) is 107 cm³/mol. The number of guanidine groups is 2. The Hall–Kier alpha value is -3.09. The first kappa shape index (κ1) is 17.3. The first-order chi connectivity index (χ1) is 13.1. The van der Waals surface area contributed by atoms with Gasteiger partial charge in [-0.2, -0.15) is 4.99 Å². The Kier molecular flexibility index (Phi) is 4.66. The van der Waals surface area contributed by atoms with Gasteiger partial charge in [-0.3, -0.25) is 4.90 Å². The molecule has 0 aromatic heterocycles. The van der Waals surface area contributed by atoms with Gasteiger partial charge >= 0.3 is 0 Å². The maximum atomic E-state index is 13.3. The number of halogens is 1. The van der Waals surface area contributed by atoms with Gasteiger partial charge in [0.2, 0.25) is 18.2 Å². The molecule has 1 unspecified atom stereocenters. The van der Waals surface area contributed by atoms with E-state index < -0.39 is 6.29 Å². The highest BCUT2D eigenvalue weighted by Gasteiger charge is 2.32. The molecule has 1 fully saturated rings. The molecule has 140 valence electrons. The van der Waals surface area contributed by atoms with Crippen molar-refractivity contribution in [3.63, 3.8) is 0 Å². The fourth-order valence-electron chi connectivity index (χ4n) is 3.44. The summed E-state index contributed by atoms with van der Waals surface area (Å²) in [5, 5.41) is 3.34. The third kappa shape index (κ3) is 3.72. The predicted octanol–water partition coefficient (Wildman–Crippen LogP) is 3.12. The van der Waals surface area contributed by atoms with Crippen LogP contribution in [0.4, 0.5) is 15.8 Å². The number of hydrogen-bond acceptors (Lipinski definition) is 6. The molecule has 0 aliphatic carbocycles. The van der Waals surface area contributed by atoms with Crippen molar-refractivity contribution in [2.75, 3.05) is 23.3 Å². The van der Waals surface area contributed by atoms with Gasteiger partial charge in [0.15, 0.2) is 0 Å². The number of anilines is 2. The summed E-state index contributed by atoms with van der Waals surface area (Å²) in [4.78, 5) is 13.4. The van der Waals surface area contributed by atoms with Crippen LogP contribution in [0.3, 0.4) is 0 Å². The second-order valence-electron chi connectivity index (χ2n) is 6.83. The van der Waals surface area contributed by atoms with Gasteiger partial charge < -0.3 is 16.0 Å². The standard InChI is InChI=1S/C20H23FN6/c1-14-5-4-6-17(13-14)27-19(23-16-9-7-15(21)8-10-16)24-18(22)25-20(27)26-11-2-3-12-26/h4-10,13,19,23H,2-3,11-12H2,1H3,(H2,22,24). The minimum absolute atomic E-state index is 0.236. The minimum atomic E-state index is -0.467. The molecule has 0 saturated carbocycles. The number of benzene rings is 2. The molecule has 6 nitrogen and oxygen atoms in total. The SMILES string of the molecule is Cc1cccc(N2C(N3CCCC3)=NC(N)=NC2Nc2ccc(F)cc2)c1. The zero-order valence-corrected chi connectivity index (χ0v) is 15.3. The van der Waals surface area contributed by atoms with Crippen molar-refractivity contribution in [2.24, 2.45) is 15.7 Å². The molecule has 2 aliphatic heterocycles. The zero-order valence-electron chi connectivity index (χ0n) is 15.3. The monoisotopic (exact) mass is 366 g/mol. The summed E-state index contributed by atoms with van der Waals surface area (Å²) in [5.74, 6) is 0.757. The van der Waals surface area contributed by atoms with E-state index in [2.05, 4.69) is 44.2 Å². The molecule has 1 saturated heterocycles. The Bertz CT molecular complexity index is 870. The quantitative estimate of drug-likeness (QED) is 0.876. The Labute approximate surface area is 158 Å². The van der Waals surface area contributed by atoms with E-state index in [0.29, 0.717) is 0 Å². The van der Waals surface area contributed by atoms with E-state index in [0.717, 1.165) is 48.8 Å². The Morgan fingerprint density at radius 1 is 1.11 bits per heavy atom. The van der Waals surface area contributed by atoms with Crippen molar-refractivity contribution < 1.29 is 4.39 Å². The topological polar surface area (TPSA) is 69.2 Å². The average Bonchev–Trinajstić information content (AvgIpc) is 3.18. The molecular formula is C20H23FN6. The van der Waals surface area contributed by atoms with E-state index in [1.54, 1.807) is 12.1 Å². The lowest BCUT2D eigenvalue weighted by Crippen LogP contribution is -2.54. The molecule has 0 radical (unpaired) electrons. The summed E-state index contributed by atoms with van der Waals surface area (Å²) < 4.78 is 13.3. The molecule has 1 atom stereocenters. The van der Waals surface area contributed by atoms with Gasteiger partial charge in [0.25, 0.3) is 0 Å². The number of nitrogens with one attached hydrogen (secondary N) is 1. The van der Waals surface area contributed by atoms with Crippen molar-refractivity contribution in [3.8, 4) is 0 Å². The summed E-state index contributed by atoms with van der Waals surface area (Å²) >= 11 is 0. The maximum absolute atomic E-state index is 13.3. The lowest BCUT2D eigenvalue weighted by molar-refractivity contribution is 0.497. The number of aryl methyl sites for hydroxylation is 1. The van der Waals surface area contributed by atoms with Crippen molar-refractivity contribution in [2.45, 2.75) is 26.1 Å². The van der Waals surface area contributed by atoms with Crippen molar-refractivity contribution in [1.82, 2.24) is 4.90 Å². The third-order valence-electron chi connectivity index (χ3n) is 4.74. The van der Waals surface area contributed by atoms with Crippen LogP contribution in [0.5, 0.6) is 0 Å². The summed E-state index contributed by atoms with van der Waals surface area (Å²) in [5.41, 5.74) is 8.93. The van der Waals surface area contributed by atoms with Crippen LogP contribution in [0.2, 0.25) is 0 Å². The minimum Gasteiger partial charge on any atom is -0.368 e. The second kappa shape index (κ2) is 7.26. The van der Waals surface area contributed by atoms with Crippen LogP contribution in [0, 0.1) is 12.7 Å². The second-order valence-corrected chi connectivity index (χ2v) is 6.83. The summed E-state index contributed by atoms with van der Waals surface area (Å²) in [6.45, 7) is 3.94. The van der Waals surface area contributed by atoms with Crippen LogP contribution < -0.4 is 16.0 Å². The number of nitrogens with zero attached hydrogens (tertiary/aromatic N) is 4. The van der Waals surface area contributed by atoms with E-state index >= 15 is 0 Å². The van der Waals surface area contributed by atoms with Crippen molar-refractivity contribution >= 4 is 23.3 Å². The molecular weight excluding hydrogens is 343 g/mol. The molecule has 0 spiro atoms. The molecule has 3 N–H and O–H groups in total. The van der Waals surface area contributed by atoms with Gasteiger partial charge in [-0.15, -0.1) is 0 Å². The fraction of sp³-hybridized carbons (Fsp3) is 0.300. The number of rotatable bonds is 3. The van der Waals surface area contributed by atoms with E-state index in [1.807, 2.05) is 12.1 Å². The van der Waals surface area contributed by atoms with Crippen LogP contribution >= 0.6 is 0 Å². The van der Waals surface area contributed by atoms with Gasteiger partial charge in [-0.25, -0.2) is 9.38 Å². The zero-order chi connectivity index (χ0) is 18.8. The van der Waals surface area contributed by atoms with Crippen LogP contribution in [0.1, 0.15) is 18.4 Å². The highest BCUT2D eigenvalue weighted by Crippen LogP contribution is 2.26. The lowest BCUT2D eigenvalue weighted by atomic mass is 10.2. The van der Waals surface area contributed by atoms with Crippen LogP contribution in [0.15, 0.2) is 58.5 Å². The van der Waals surface area contributed by atoms with Crippen LogP contribution in [-0.2, 0) is 0 Å². The largest absolute Gasteiger partial charge is 0.368 e. The highest BCUT2D eigenvalue weighted by atomic mass is 19.1. The Morgan fingerprint density at radius 3 is 2.56 bits per heavy atom. The van der Waals surface area contributed by atoms with Gasteiger partial charge in [0, 0.05) is 24.5 Å². The molecule has 2 heterocycles. The van der Waals surface area contributed by atoms with E-state index in [1.165, 1.54) is 12.1 Å². The third-order valence-corrected chi connectivity index (χ3v) is 4.74. The lowest BCUT2D eigenvalue weighted by Gasteiger charge is -2.38. The smallest absolute Gasteiger partial charge is 0.222 e. The maximum Gasteiger partial charge on any atom is 0.222 e. The number of hydrogen-bond donors (Lipinski definition) is 2. The highest BCUT2D eigenvalue weighted by molar-refractivity contribution is 6.06. The molecule has 2 aromatic carbocycles. The fourth-order valence-corrected chi connectivity index (χ4v) is 3.44. The molecule has 2 aliphatic rings. The number of aliphatic imine (C=N–C) groups is 2. The summed E-state index contributed by atoms with van der Waals surface area (Å²) in [6, 6.07) is 14.4. The van der Waals surface area contributed by atoms with E-state index in [9.17, 15) is 4.39 Å². The van der Waals surface area contributed by atoms with Crippen molar-refractivity contribution in [3.05, 3.63) is 59.9 Å². The number of nitrogens with two attached hydrogens (primary N) is 1. The van der Waals surface area contributed by atoms with Gasteiger partial charge in [0.1, 0.15) is 5.82 Å². The Morgan fingerprint density at radius 2 is 1.85 bits per heavy atom.